The Hall–Kier alpha value is -2.00. The molecule has 3 heteroatoms. The topological polar surface area (TPSA) is 25.8 Å². The summed E-state index contributed by atoms with van der Waals surface area (Å²) < 4.78 is 0. The molecule has 0 aliphatic rings. The number of hydrogen-bond donors (Lipinski definition) is 0. The fourth-order valence-corrected chi connectivity index (χ4v) is 4.15. The molecule has 0 aliphatic carbocycles. The fourth-order valence-electron chi connectivity index (χ4n) is 3.26. The van der Waals surface area contributed by atoms with Crippen LogP contribution < -0.4 is 0 Å². The van der Waals surface area contributed by atoms with Crippen molar-refractivity contribution in [2.24, 2.45) is 0 Å². The number of hydrogen-bond acceptors (Lipinski definition) is 3. The highest BCUT2D eigenvalue weighted by molar-refractivity contribution is 7.14. The summed E-state index contributed by atoms with van der Waals surface area (Å²) in [7, 11) is 0. The van der Waals surface area contributed by atoms with Gasteiger partial charge in [-0.15, -0.1) is 10.2 Å². The van der Waals surface area contributed by atoms with Crippen molar-refractivity contribution in [2.75, 3.05) is 0 Å². The maximum absolute atomic E-state index is 4.38. The highest BCUT2D eigenvalue weighted by Crippen LogP contribution is 2.25. The molecule has 0 spiro atoms. The van der Waals surface area contributed by atoms with Crippen LogP contribution in [0.1, 0.15) is 61.2 Å². The van der Waals surface area contributed by atoms with Crippen molar-refractivity contribution in [1.29, 1.82) is 0 Å². The Morgan fingerprint density at radius 3 is 1.81 bits per heavy atom. The zero-order chi connectivity index (χ0) is 18.9. The van der Waals surface area contributed by atoms with E-state index < -0.39 is 0 Å². The van der Waals surface area contributed by atoms with Gasteiger partial charge in [0.1, 0.15) is 10.0 Å². The van der Waals surface area contributed by atoms with Crippen molar-refractivity contribution in [1.82, 2.24) is 10.2 Å². The van der Waals surface area contributed by atoms with Crippen molar-refractivity contribution in [3.8, 4) is 10.6 Å². The van der Waals surface area contributed by atoms with Gasteiger partial charge < -0.3 is 0 Å². The second-order valence-corrected chi connectivity index (χ2v) is 8.28. The summed E-state index contributed by atoms with van der Waals surface area (Å²) in [5.41, 5.74) is 5.42. The number of nitrogens with zero attached hydrogens (tertiary/aromatic N) is 2. The molecule has 0 fully saturated rings. The number of aryl methyl sites for hydroxylation is 4. The van der Waals surface area contributed by atoms with E-state index in [0.29, 0.717) is 0 Å². The predicted molar refractivity (Wildman–Crippen MR) is 116 cm³/mol. The minimum absolute atomic E-state index is 1.04. The van der Waals surface area contributed by atoms with E-state index in [9.17, 15) is 0 Å². The van der Waals surface area contributed by atoms with Gasteiger partial charge in [0.2, 0.25) is 0 Å². The standard InChI is InChI=1S/C24H30N2S/c1-3-5-6-8-23-25-26-24(27-23)22-17-15-21(16-18-22)14-13-20-11-9-19(7-4-2)10-12-20/h9-12,15-18H,3-8,13-14H2,1-2H3. The van der Waals surface area contributed by atoms with Crippen molar-refractivity contribution in [2.45, 2.75) is 65.2 Å². The number of unbranched alkanes of at least 4 members (excludes halogenated alkanes) is 2. The van der Waals surface area contributed by atoms with Gasteiger partial charge in [-0.3, -0.25) is 0 Å². The first-order valence-electron chi connectivity index (χ1n) is 10.3. The highest BCUT2D eigenvalue weighted by atomic mass is 32.1. The lowest BCUT2D eigenvalue weighted by molar-refractivity contribution is 0.710. The molecule has 1 aromatic heterocycles. The molecule has 27 heavy (non-hydrogen) atoms. The average Bonchev–Trinajstić information content (AvgIpc) is 3.17. The Bertz CT molecular complexity index is 803. The van der Waals surface area contributed by atoms with Gasteiger partial charge in [0.25, 0.3) is 0 Å². The van der Waals surface area contributed by atoms with Crippen LogP contribution in [0, 0.1) is 0 Å². The van der Waals surface area contributed by atoms with E-state index in [-0.39, 0.29) is 0 Å². The Morgan fingerprint density at radius 1 is 0.630 bits per heavy atom. The maximum atomic E-state index is 4.38. The molecule has 0 unspecified atom stereocenters. The number of aromatic nitrogens is 2. The summed E-state index contributed by atoms with van der Waals surface area (Å²) in [6.07, 6.45) is 9.33. The van der Waals surface area contributed by atoms with Gasteiger partial charge in [-0.2, -0.15) is 0 Å². The van der Waals surface area contributed by atoms with Crippen molar-refractivity contribution < 1.29 is 0 Å². The monoisotopic (exact) mass is 378 g/mol. The Labute approximate surface area is 167 Å². The van der Waals surface area contributed by atoms with Crippen LogP contribution in [0.5, 0.6) is 0 Å². The van der Waals surface area contributed by atoms with E-state index in [2.05, 4.69) is 72.6 Å². The number of rotatable bonds is 10. The average molecular weight is 379 g/mol. The lowest BCUT2D eigenvalue weighted by Gasteiger charge is -2.05. The van der Waals surface area contributed by atoms with Crippen LogP contribution in [-0.2, 0) is 25.7 Å². The minimum atomic E-state index is 1.04. The zero-order valence-electron chi connectivity index (χ0n) is 16.6. The quantitative estimate of drug-likeness (QED) is 0.368. The van der Waals surface area contributed by atoms with Crippen LogP contribution in [0.4, 0.5) is 0 Å². The van der Waals surface area contributed by atoms with E-state index in [1.165, 1.54) is 54.4 Å². The van der Waals surface area contributed by atoms with Crippen molar-refractivity contribution >= 4 is 11.3 Å². The SMILES string of the molecule is CCCCCc1nnc(-c2ccc(CCc3ccc(CCC)cc3)cc2)s1. The van der Waals surface area contributed by atoms with Crippen LogP contribution in [0.3, 0.4) is 0 Å². The lowest BCUT2D eigenvalue weighted by atomic mass is 10.0. The Kier molecular flexibility index (Phi) is 7.58. The molecule has 0 bridgehead atoms. The summed E-state index contributed by atoms with van der Waals surface area (Å²) in [4.78, 5) is 0. The van der Waals surface area contributed by atoms with E-state index in [4.69, 9.17) is 0 Å². The molecule has 0 atom stereocenters. The van der Waals surface area contributed by atoms with Crippen LogP contribution in [0.25, 0.3) is 10.6 Å². The molecule has 0 aliphatic heterocycles. The van der Waals surface area contributed by atoms with Gasteiger partial charge >= 0.3 is 0 Å². The van der Waals surface area contributed by atoms with Crippen molar-refractivity contribution in [3.05, 3.63) is 70.2 Å². The third-order valence-corrected chi connectivity index (χ3v) is 5.96. The molecule has 2 aromatic carbocycles. The fraction of sp³-hybridized carbons (Fsp3) is 0.417. The van der Waals surface area contributed by atoms with E-state index in [0.717, 1.165) is 29.3 Å². The van der Waals surface area contributed by atoms with Gasteiger partial charge in [0.15, 0.2) is 0 Å². The summed E-state index contributed by atoms with van der Waals surface area (Å²) in [5, 5.41) is 10.9. The molecule has 0 saturated carbocycles. The summed E-state index contributed by atoms with van der Waals surface area (Å²) >= 11 is 1.74. The molecule has 0 amide bonds. The molecule has 0 radical (unpaired) electrons. The molecule has 0 N–H and O–H groups in total. The second-order valence-electron chi connectivity index (χ2n) is 7.22. The lowest BCUT2D eigenvalue weighted by Crippen LogP contribution is -1.92. The summed E-state index contributed by atoms with van der Waals surface area (Å²) in [5.74, 6) is 0. The van der Waals surface area contributed by atoms with Gasteiger partial charge in [-0.25, -0.2) is 0 Å². The Balaban J connectivity index is 1.54. The van der Waals surface area contributed by atoms with Crippen LogP contribution in [-0.4, -0.2) is 10.2 Å². The summed E-state index contributed by atoms with van der Waals surface area (Å²) in [6, 6.07) is 18.0. The molecule has 3 aromatic rings. The molecule has 3 rings (SSSR count). The third-order valence-electron chi connectivity index (χ3n) is 4.93. The van der Waals surface area contributed by atoms with E-state index in [1.807, 2.05) is 0 Å². The Morgan fingerprint density at radius 2 is 1.22 bits per heavy atom. The largest absolute Gasteiger partial charge is 0.147 e. The van der Waals surface area contributed by atoms with Gasteiger partial charge in [-0.05, 0) is 42.4 Å². The van der Waals surface area contributed by atoms with Gasteiger partial charge in [0.05, 0.1) is 0 Å². The predicted octanol–water partition coefficient (Wildman–Crippen LogP) is 6.68. The first-order chi connectivity index (χ1) is 13.3. The van der Waals surface area contributed by atoms with Crippen LogP contribution >= 0.6 is 11.3 Å². The molecule has 2 nitrogen and oxygen atoms in total. The normalized spacial score (nSPS) is 11.0. The third kappa shape index (κ3) is 6.00. The van der Waals surface area contributed by atoms with Gasteiger partial charge in [-0.1, -0.05) is 93.0 Å². The molecular formula is C24H30N2S. The zero-order valence-corrected chi connectivity index (χ0v) is 17.4. The first-order valence-corrected chi connectivity index (χ1v) is 11.1. The van der Waals surface area contributed by atoms with Gasteiger partial charge in [0, 0.05) is 12.0 Å². The van der Waals surface area contributed by atoms with E-state index >= 15 is 0 Å². The van der Waals surface area contributed by atoms with Crippen LogP contribution in [0.2, 0.25) is 0 Å². The second kappa shape index (κ2) is 10.4. The molecule has 0 saturated heterocycles. The van der Waals surface area contributed by atoms with E-state index in [1.54, 1.807) is 11.3 Å². The van der Waals surface area contributed by atoms with Crippen LogP contribution in [0.15, 0.2) is 48.5 Å². The summed E-state index contributed by atoms with van der Waals surface area (Å²) in [6.45, 7) is 4.46. The molecular weight excluding hydrogens is 348 g/mol. The molecule has 142 valence electrons. The minimum Gasteiger partial charge on any atom is -0.143 e. The first kappa shape index (κ1) is 19.8. The highest BCUT2D eigenvalue weighted by Gasteiger charge is 2.07. The maximum Gasteiger partial charge on any atom is 0.147 e. The number of benzene rings is 2. The smallest absolute Gasteiger partial charge is 0.143 e. The van der Waals surface area contributed by atoms with Crippen molar-refractivity contribution in [3.63, 3.8) is 0 Å². The molecule has 1 heterocycles.